The highest BCUT2D eigenvalue weighted by Crippen LogP contribution is 2.42. The third kappa shape index (κ3) is 7.42. The molecule has 0 radical (unpaired) electrons. The number of aliphatic hydroxyl groups is 1. The van der Waals surface area contributed by atoms with Crippen molar-refractivity contribution < 1.29 is 19.4 Å². The number of nitrogens with zero attached hydrogens (tertiary/aromatic N) is 4. The minimum Gasteiger partial charge on any atom is -0.507 e. The number of ether oxygens (including phenoxy) is 1. The van der Waals surface area contributed by atoms with Crippen molar-refractivity contribution in [3.8, 4) is 22.5 Å². The molecule has 9 heteroatoms. The molecule has 264 valence electrons. The van der Waals surface area contributed by atoms with Gasteiger partial charge in [0.15, 0.2) is 5.70 Å². The first-order valence-electron chi connectivity index (χ1n) is 18.4. The minimum absolute atomic E-state index is 0.0156. The fraction of sp³-hybridized carbons (Fsp3) is 0.463. The summed E-state index contributed by atoms with van der Waals surface area (Å²) in [4.78, 5) is 25.1. The van der Waals surface area contributed by atoms with Crippen LogP contribution in [0.25, 0.3) is 28.2 Å². The molecule has 9 nitrogen and oxygen atoms in total. The van der Waals surface area contributed by atoms with Crippen LogP contribution in [-0.2, 0) is 20.9 Å². The molecule has 2 fully saturated rings. The summed E-state index contributed by atoms with van der Waals surface area (Å²) in [5.41, 5.74) is 5.36. The average molecular weight is 678 g/mol. The van der Waals surface area contributed by atoms with Gasteiger partial charge in [-0.15, -0.1) is 0 Å². The van der Waals surface area contributed by atoms with Gasteiger partial charge < -0.3 is 15.2 Å². The molecule has 3 aliphatic rings. The summed E-state index contributed by atoms with van der Waals surface area (Å²) in [6.07, 6.45) is 12.1. The summed E-state index contributed by atoms with van der Waals surface area (Å²) in [6.45, 7) is 7.21. The number of aromatic nitrogens is 4. The van der Waals surface area contributed by atoms with Crippen LogP contribution < -0.4 is 5.32 Å². The van der Waals surface area contributed by atoms with Gasteiger partial charge in [0.05, 0.1) is 28.9 Å². The van der Waals surface area contributed by atoms with Gasteiger partial charge in [-0.05, 0) is 71.4 Å². The van der Waals surface area contributed by atoms with Gasteiger partial charge in [-0.25, -0.2) is 4.68 Å². The fourth-order valence-corrected chi connectivity index (χ4v) is 7.96. The minimum atomic E-state index is -0.587. The zero-order valence-electron chi connectivity index (χ0n) is 29.8. The summed E-state index contributed by atoms with van der Waals surface area (Å²) >= 11 is 0. The van der Waals surface area contributed by atoms with E-state index in [1.165, 1.54) is 6.42 Å². The molecule has 2 aromatic carbocycles. The number of nitrogens with one attached hydrogen (secondary N) is 1. The molecule has 50 heavy (non-hydrogen) atoms. The van der Waals surface area contributed by atoms with Crippen molar-refractivity contribution in [2.24, 2.45) is 5.41 Å². The number of hydrogen-bond donors (Lipinski definition) is 2. The maximum atomic E-state index is 12.6. The van der Waals surface area contributed by atoms with Crippen LogP contribution in [0.5, 0.6) is 0 Å². The van der Waals surface area contributed by atoms with Gasteiger partial charge in [0.2, 0.25) is 0 Å². The number of aryl methyl sites for hydroxylation is 3. The largest absolute Gasteiger partial charge is 0.507 e. The van der Waals surface area contributed by atoms with E-state index in [1.807, 2.05) is 68.4 Å². The summed E-state index contributed by atoms with van der Waals surface area (Å²) in [5, 5.41) is 23.2. The van der Waals surface area contributed by atoms with E-state index in [0.29, 0.717) is 6.61 Å². The first-order chi connectivity index (χ1) is 24.2. The molecule has 1 aliphatic heterocycles. The average Bonchev–Trinajstić information content (AvgIpc) is 3.78. The van der Waals surface area contributed by atoms with Crippen LogP contribution in [0.15, 0.2) is 78.6 Å². The molecule has 2 aromatic heterocycles. The molecule has 1 spiro atoms. The predicted octanol–water partition coefficient (Wildman–Crippen LogP) is 8.57. The van der Waals surface area contributed by atoms with Crippen LogP contribution in [0.4, 0.5) is 0 Å². The molecule has 0 bridgehead atoms. The molecule has 3 heterocycles. The Morgan fingerprint density at radius 3 is 1.98 bits per heavy atom. The highest BCUT2D eigenvalue weighted by atomic mass is 16.5. The van der Waals surface area contributed by atoms with Crippen molar-refractivity contribution in [2.45, 2.75) is 110 Å². The number of carbonyl (C=O) groups excluding carboxylic acids is 2. The van der Waals surface area contributed by atoms with Crippen LogP contribution in [0.1, 0.15) is 95.4 Å². The lowest BCUT2D eigenvalue weighted by Gasteiger charge is -2.35. The topological polar surface area (TPSA) is 111 Å². The molecule has 0 atom stereocenters. The Kier molecular flexibility index (Phi) is 10.9. The molecule has 4 aromatic rings. The van der Waals surface area contributed by atoms with Crippen molar-refractivity contribution >= 4 is 17.6 Å². The van der Waals surface area contributed by atoms with E-state index in [1.54, 1.807) is 4.68 Å². The molecule has 0 unspecified atom stereocenters. The molecule has 0 saturated heterocycles. The first-order valence-corrected chi connectivity index (χ1v) is 18.4. The van der Waals surface area contributed by atoms with Crippen molar-refractivity contribution in [1.82, 2.24) is 24.9 Å². The first kappa shape index (κ1) is 35.2. The Morgan fingerprint density at radius 1 is 0.820 bits per heavy atom. The quantitative estimate of drug-likeness (QED) is 0.172. The van der Waals surface area contributed by atoms with Crippen LogP contribution in [0, 0.1) is 19.3 Å². The monoisotopic (exact) mass is 677 g/mol. The van der Waals surface area contributed by atoms with Gasteiger partial charge in [0.1, 0.15) is 5.76 Å². The second kappa shape index (κ2) is 15.5. The van der Waals surface area contributed by atoms with E-state index in [-0.39, 0.29) is 28.7 Å². The molecule has 2 saturated carbocycles. The third-order valence-corrected chi connectivity index (χ3v) is 10.7. The standard InChI is InChI=1S/C22H30N2O2.C19H21N3O2/c1-3-26-21(25)22(13-8-5-9-14-22)15-10-16-24-18(2)17-20(23-24)19-11-6-4-7-12-19;1-13-12-15(14-8-4-2-5-9-14)21-22(13)16-17(23)19(20-18(16)24)10-6-3-7-11-19/h4,6-7,11-12,17H,3,5,8-10,13-16H2,1-2H3;2,4-5,8-9,12,23H,3,6-7,10-11H2,1H3,(H,20,24). The smallest absolute Gasteiger partial charge is 0.312 e. The van der Waals surface area contributed by atoms with Crippen molar-refractivity contribution in [2.75, 3.05) is 6.61 Å². The second-order valence-electron chi connectivity index (χ2n) is 14.2. The number of carbonyl (C=O) groups is 2. The van der Waals surface area contributed by atoms with E-state index >= 15 is 0 Å². The number of hydrogen-bond acceptors (Lipinski definition) is 6. The number of aliphatic hydroxyl groups excluding tert-OH is 1. The van der Waals surface area contributed by atoms with Crippen LogP contribution in [0.2, 0.25) is 0 Å². The zero-order chi connectivity index (χ0) is 35.1. The normalized spacial score (nSPS) is 18.0. The number of benzene rings is 2. The lowest BCUT2D eigenvalue weighted by Crippen LogP contribution is -2.46. The summed E-state index contributed by atoms with van der Waals surface area (Å²) in [6, 6.07) is 24.2. The van der Waals surface area contributed by atoms with Crippen molar-refractivity contribution in [1.29, 1.82) is 0 Å². The van der Waals surface area contributed by atoms with Crippen LogP contribution in [0.3, 0.4) is 0 Å². The molecule has 7 rings (SSSR count). The predicted molar refractivity (Wildman–Crippen MR) is 196 cm³/mol. The lowest BCUT2D eigenvalue weighted by molar-refractivity contribution is -0.158. The highest BCUT2D eigenvalue weighted by molar-refractivity contribution is 6.17. The molecular weight excluding hydrogens is 626 g/mol. The second-order valence-corrected chi connectivity index (χ2v) is 14.2. The van der Waals surface area contributed by atoms with Gasteiger partial charge >= 0.3 is 5.97 Å². The number of amides is 1. The third-order valence-electron chi connectivity index (χ3n) is 10.7. The summed E-state index contributed by atoms with van der Waals surface area (Å²) in [7, 11) is 0. The van der Waals surface area contributed by atoms with E-state index in [0.717, 1.165) is 111 Å². The SMILES string of the molecule is CCOC(=O)C1(CCCn2nc(-c3ccccc3)cc2C)CCCCC1.Cc1cc(-c2ccccc2)nn1C1=C(O)C2(CCCCC2)NC1=O. The molecule has 2 aliphatic carbocycles. The van der Waals surface area contributed by atoms with Gasteiger partial charge in [0, 0.05) is 29.1 Å². The van der Waals surface area contributed by atoms with Gasteiger partial charge in [-0.3, -0.25) is 14.3 Å². The summed E-state index contributed by atoms with van der Waals surface area (Å²) in [5.74, 6) is -0.0694. The van der Waals surface area contributed by atoms with E-state index in [9.17, 15) is 14.7 Å². The van der Waals surface area contributed by atoms with E-state index < -0.39 is 5.54 Å². The Bertz CT molecular complexity index is 1790. The van der Waals surface area contributed by atoms with E-state index in [2.05, 4.69) is 40.2 Å². The number of rotatable bonds is 9. The number of esters is 1. The highest BCUT2D eigenvalue weighted by Gasteiger charge is 2.47. The van der Waals surface area contributed by atoms with Crippen LogP contribution in [-0.4, -0.2) is 48.7 Å². The Balaban J connectivity index is 0.000000173. The Hall–Kier alpha value is -4.66. The van der Waals surface area contributed by atoms with Crippen molar-refractivity contribution in [3.63, 3.8) is 0 Å². The molecular formula is C41H51N5O4. The Morgan fingerprint density at radius 2 is 1.38 bits per heavy atom. The zero-order valence-corrected chi connectivity index (χ0v) is 29.8. The maximum absolute atomic E-state index is 12.6. The molecule has 2 N–H and O–H groups in total. The maximum Gasteiger partial charge on any atom is 0.312 e. The van der Waals surface area contributed by atoms with E-state index in [4.69, 9.17) is 9.84 Å². The lowest BCUT2D eigenvalue weighted by atomic mass is 9.71. The van der Waals surface area contributed by atoms with Gasteiger partial charge in [0.25, 0.3) is 5.91 Å². The van der Waals surface area contributed by atoms with Gasteiger partial charge in [-0.1, -0.05) is 99.2 Å². The fourth-order valence-electron chi connectivity index (χ4n) is 7.96. The van der Waals surface area contributed by atoms with Crippen LogP contribution >= 0.6 is 0 Å². The molecule has 1 amide bonds. The summed E-state index contributed by atoms with van der Waals surface area (Å²) < 4.78 is 9.06. The van der Waals surface area contributed by atoms with Gasteiger partial charge in [-0.2, -0.15) is 10.2 Å². The van der Waals surface area contributed by atoms with Crippen molar-refractivity contribution in [3.05, 3.63) is 89.9 Å². The Labute approximate surface area is 295 Å².